The van der Waals surface area contributed by atoms with Crippen molar-refractivity contribution in [3.8, 4) is 0 Å². The molecule has 1 saturated heterocycles. The summed E-state index contributed by atoms with van der Waals surface area (Å²) < 4.78 is 11.6. The Morgan fingerprint density at radius 2 is 1.83 bits per heavy atom. The van der Waals surface area contributed by atoms with E-state index in [2.05, 4.69) is 39.8 Å². The minimum atomic E-state index is -0.0854. The van der Waals surface area contributed by atoms with E-state index in [1.165, 1.54) is 5.56 Å². The molecule has 1 aromatic carbocycles. The second-order valence-electron chi connectivity index (χ2n) is 6.28. The molecular formula is C16H24O2. The highest BCUT2D eigenvalue weighted by Gasteiger charge is 2.47. The fraction of sp³-hybridized carbons (Fsp3) is 0.625. The lowest BCUT2D eigenvalue weighted by molar-refractivity contribution is -0.0371. The van der Waals surface area contributed by atoms with Crippen molar-refractivity contribution in [2.24, 2.45) is 0 Å². The molecule has 1 aliphatic heterocycles. The zero-order valence-electron chi connectivity index (χ0n) is 11.9. The minimum Gasteiger partial charge on any atom is -0.371 e. The van der Waals surface area contributed by atoms with E-state index in [-0.39, 0.29) is 11.2 Å². The highest BCUT2D eigenvalue weighted by Crippen LogP contribution is 2.39. The molecule has 0 spiro atoms. The normalized spacial score (nSPS) is 21.9. The maximum atomic E-state index is 6.01. The van der Waals surface area contributed by atoms with Crippen LogP contribution in [-0.2, 0) is 16.1 Å². The van der Waals surface area contributed by atoms with Crippen LogP contribution in [0.4, 0.5) is 0 Å². The molecule has 0 aromatic heterocycles. The Morgan fingerprint density at radius 1 is 1.22 bits per heavy atom. The third kappa shape index (κ3) is 3.82. The largest absolute Gasteiger partial charge is 0.371 e. The van der Waals surface area contributed by atoms with Gasteiger partial charge in [0.1, 0.15) is 0 Å². The van der Waals surface area contributed by atoms with Crippen LogP contribution in [0.2, 0.25) is 0 Å². The molecule has 1 heterocycles. The lowest BCUT2D eigenvalue weighted by Gasteiger charge is -2.25. The van der Waals surface area contributed by atoms with Crippen LogP contribution in [0.15, 0.2) is 30.3 Å². The van der Waals surface area contributed by atoms with Crippen LogP contribution < -0.4 is 0 Å². The maximum Gasteiger partial charge on any atom is 0.0892 e. The highest BCUT2D eigenvalue weighted by atomic mass is 16.6. The molecule has 0 amide bonds. The van der Waals surface area contributed by atoms with E-state index >= 15 is 0 Å². The van der Waals surface area contributed by atoms with Gasteiger partial charge in [0.25, 0.3) is 0 Å². The second-order valence-corrected chi connectivity index (χ2v) is 6.28. The molecular weight excluding hydrogens is 224 g/mol. The molecule has 2 nitrogen and oxygen atoms in total. The Kier molecular flexibility index (Phi) is 3.79. The summed E-state index contributed by atoms with van der Waals surface area (Å²) in [6.07, 6.45) is 2.53. The molecule has 2 rings (SSSR count). The van der Waals surface area contributed by atoms with Crippen molar-refractivity contribution in [3.05, 3.63) is 35.9 Å². The molecule has 2 heteroatoms. The predicted octanol–water partition coefficient (Wildman–Crippen LogP) is 3.94. The van der Waals surface area contributed by atoms with Crippen LogP contribution in [0.5, 0.6) is 0 Å². The van der Waals surface area contributed by atoms with Gasteiger partial charge in [-0.15, -0.1) is 0 Å². The third-order valence-corrected chi connectivity index (χ3v) is 3.65. The number of epoxide rings is 1. The van der Waals surface area contributed by atoms with Gasteiger partial charge in [0, 0.05) is 0 Å². The average molecular weight is 248 g/mol. The summed E-state index contributed by atoms with van der Waals surface area (Å²) in [5.74, 6) is 0. The smallest absolute Gasteiger partial charge is 0.0892 e. The van der Waals surface area contributed by atoms with Gasteiger partial charge in [0.15, 0.2) is 0 Å². The first-order valence-corrected chi connectivity index (χ1v) is 6.75. The Morgan fingerprint density at radius 3 is 2.39 bits per heavy atom. The molecule has 1 fully saturated rings. The topological polar surface area (TPSA) is 21.8 Å². The van der Waals surface area contributed by atoms with Gasteiger partial charge in [-0.25, -0.2) is 0 Å². The zero-order chi connectivity index (χ0) is 13.2. The minimum absolute atomic E-state index is 0.0854. The maximum absolute atomic E-state index is 6.01. The van der Waals surface area contributed by atoms with Crippen molar-refractivity contribution in [2.45, 2.75) is 64.4 Å². The number of hydrogen-bond acceptors (Lipinski definition) is 2. The number of hydrogen-bond donors (Lipinski definition) is 0. The first-order chi connectivity index (χ1) is 8.39. The van der Waals surface area contributed by atoms with Crippen molar-refractivity contribution < 1.29 is 9.47 Å². The van der Waals surface area contributed by atoms with E-state index in [4.69, 9.17) is 9.47 Å². The quantitative estimate of drug-likeness (QED) is 0.711. The van der Waals surface area contributed by atoms with Crippen molar-refractivity contribution in [1.29, 1.82) is 0 Å². The van der Waals surface area contributed by atoms with Gasteiger partial charge in [-0.1, -0.05) is 30.3 Å². The van der Waals surface area contributed by atoms with Crippen LogP contribution in [-0.4, -0.2) is 17.3 Å². The van der Waals surface area contributed by atoms with Crippen molar-refractivity contribution >= 4 is 0 Å². The van der Waals surface area contributed by atoms with E-state index in [0.29, 0.717) is 12.7 Å². The SMILES string of the molecule is CC(C)(CCC1OC1(C)C)OCc1ccccc1. The van der Waals surface area contributed by atoms with Crippen LogP contribution in [0, 0.1) is 0 Å². The number of rotatable bonds is 6. The third-order valence-electron chi connectivity index (χ3n) is 3.65. The first-order valence-electron chi connectivity index (χ1n) is 6.75. The van der Waals surface area contributed by atoms with Crippen LogP contribution in [0.1, 0.15) is 46.1 Å². The Balaban J connectivity index is 1.74. The molecule has 18 heavy (non-hydrogen) atoms. The van der Waals surface area contributed by atoms with Crippen LogP contribution in [0.3, 0.4) is 0 Å². The van der Waals surface area contributed by atoms with Crippen molar-refractivity contribution in [1.82, 2.24) is 0 Å². The molecule has 0 radical (unpaired) electrons. The second kappa shape index (κ2) is 5.02. The lowest BCUT2D eigenvalue weighted by atomic mass is 9.97. The summed E-state index contributed by atoms with van der Waals surface area (Å²) in [6.45, 7) is 9.30. The Labute approximate surface area is 110 Å². The Bertz CT molecular complexity index is 381. The lowest BCUT2D eigenvalue weighted by Crippen LogP contribution is -2.25. The number of ether oxygens (including phenoxy) is 2. The molecule has 1 unspecified atom stereocenters. The predicted molar refractivity (Wildman–Crippen MR) is 73.5 cm³/mol. The van der Waals surface area contributed by atoms with E-state index in [1.54, 1.807) is 0 Å². The molecule has 0 bridgehead atoms. The van der Waals surface area contributed by atoms with Gasteiger partial charge in [-0.3, -0.25) is 0 Å². The van der Waals surface area contributed by atoms with Crippen LogP contribution in [0.25, 0.3) is 0 Å². The van der Waals surface area contributed by atoms with Gasteiger partial charge in [0.2, 0.25) is 0 Å². The summed E-state index contributed by atoms with van der Waals surface area (Å²) in [5, 5.41) is 0. The molecule has 0 N–H and O–H groups in total. The summed E-state index contributed by atoms with van der Waals surface area (Å²) in [6, 6.07) is 10.3. The highest BCUT2D eigenvalue weighted by molar-refractivity contribution is 5.13. The summed E-state index contributed by atoms with van der Waals surface area (Å²) in [7, 11) is 0. The van der Waals surface area contributed by atoms with E-state index < -0.39 is 0 Å². The summed E-state index contributed by atoms with van der Waals surface area (Å²) >= 11 is 0. The van der Waals surface area contributed by atoms with E-state index in [9.17, 15) is 0 Å². The van der Waals surface area contributed by atoms with Gasteiger partial charge < -0.3 is 9.47 Å². The zero-order valence-corrected chi connectivity index (χ0v) is 11.9. The van der Waals surface area contributed by atoms with Crippen molar-refractivity contribution in [2.75, 3.05) is 0 Å². The fourth-order valence-electron chi connectivity index (χ4n) is 2.14. The standard InChI is InChI=1S/C16H24O2/c1-15(2,11-10-14-16(3,4)18-14)17-12-13-8-6-5-7-9-13/h5-9,14H,10-12H2,1-4H3. The molecule has 1 aromatic rings. The molecule has 0 aliphatic carbocycles. The van der Waals surface area contributed by atoms with Gasteiger partial charge in [-0.05, 0) is 46.1 Å². The van der Waals surface area contributed by atoms with E-state index in [0.717, 1.165) is 12.8 Å². The Hall–Kier alpha value is -0.860. The number of benzene rings is 1. The molecule has 0 saturated carbocycles. The first kappa shape index (κ1) is 13.6. The van der Waals surface area contributed by atoms with Gasteiger partial charge in [0.05, 0.1) is 23.9 Å². The van der Waals surface area contributed by atoms with Gasteiger partial charge >= 0.3 is 0 Å². The monoisotopic (exact) mass is 248 g/mol. The van der Waals surface area contributed by atoms with Crippen molar-refractivity contribution in [3.63, 3.8) is 0 Å². The van der Waals surface area contributed by atoms with Gasteiger partial charge in [-0.2, -0.15) is 0 Å². The van der Waals surface area contributed by atoms with E-state index in [1.807, 2.05) is 18.2 Å². The molecule has 1 aliphatic rings. The average Bonchev–Trinajstić information content (AvgIpc) is 2.94. The summed E-state index contributed by atoms with van der Waals surface area (Å²) in [5.41, 5.74) is 1.24. The fourth-order valence-corrected chi connectivity index (χ4v) is 2.14. The van der Waals surface area contributed by atoms with Crippen LogP contribution >= 0.6 is 0 Å². The molecule has 1 atom stereocenters. The molecule has 100 valence electrons. The summed E-state index contributed by atoms with van der Waals surface area (Å²) in [4.78, 5) is 0.